The van der Waals surface area contributed by atoms with E-state index in [-0.39, 0.29) is 40.1 Å². The van der Waals surface area contributed by atoms with Crippen LogP contribution in [0.3, 0.4) is 0 Å². The van der Waals surface area contributed by atoms with Gasteiger partial charge in [0.2, 0.25) is 0 Å². The smallest absolute Gasteiger partial charge is 0 e. The number of hydrogen-bond acceptors (Lipinski definition) is 0. The van der Waals surface area contributed by atoms with Crippen LogP contribution in [0.25, 0.3) is 0 Å². The van der Waals surface area contributed by atoms with Gasteiger partial charge in [0.05, 0.1) is 0 Å². The van der Waals surface area contributed by atoms with E-state index in [0.29, 0.717) is 0 Å². The maximum atomic E-state index is 3.86. The summed E-state index contributed by atoms with van der Waals surface area (Å²) in [5.74, 6) is 1.82. The van der Waals surface area contributed by atoms with E-state index in [1.807, 2.05) is 0 Å². The third-order valence-corrected chi connectivity index (χ3v) is 2.45. The minimum Gasteiger partial charge on any atom is -0.358 e. The molecular formula is C12H26Y-2. The van der Waals surface area contributed by atoms with E-state index in [0.717, 1.165) is 18.3 Å². The molecule has 0 aliphatic heterocycles. The molecular weight excluding hydrogens is 233 g/mol. The van der Waals surface area contributed by atoms with Gasteiger partial charge in [-0.15, -0.1) is 0 Å². The van der Waals surface area contributed by atoms with Crippen molar-refractivity contribution in [2.75, 3.05) is 0 Å². The molecule has 0 amide bonds. The molecule has 79 valence electrons. The standard InChI is InChI=1S/C11H23.CH3.Y/c1-5-7-8-11(4)9-10(3)6-2;;/h10-11H,1,5-9H2,2-4H3;1H3;/q2*-1;. The molecule has 0 saturated carbocycles. The molecule has 1 radical (unpaired) electrons. The first kappa shape index (κ1) is 19.6. The minimum absolute atomic E-state index is 0. The molecule has 0 aromatic rings. The molecule has 0 spiro atoms. The molecule has 0 nitrogen and oxygen atoms in total. The first-order chi connectivity index (χ1) is 5.20. The predicted octanol–water partition coefficient (Wildman–Crippen LogP) is 4.51. The summed E-state index contributed by atoms with van der Waals surface area (Å²) in [6.07, 6.45) is 6.50. The summed E-state index contributed by atoms with van der Waals surface area (Å²) in [5, 5.41) is 0. The Morgan fingerprint density at radius 2 is 1.69 bits per heavy atom. The molecule has 2 atom stereocenters. The summed E-state index contributed by atoms with van der Waals surface area (Å²) in [6.45, 7) is 10.8. The zero-order chi connectivity index (χ0) is 8.69. The Morgan fingerprint density at radius 1 is 1.15 bits per heavy atom. The van der Waals surface area contributed by atoms with Crippen molar-refractivity contribution in [3.8, 4) is 0 Å². The van der Waals surface area contributed by atoms with Crippen LogP contribution >= 0.6 is 0 Å². The fraction of sp³-hybridized carbons (Fsp3) is 0.833. The predicted molar refractivity (Wildman–Crippen MR) is 58.9 cm³/mol. The average molecular weight is 259 g/mol. The largest absolute Gasteiger partial charge is 0.358 e. The van der Waals surface area contributed by atoms with E-state index in [1.54, 1.807) is 0 Å². The van der Waals surface area contributed by atoms with Crippen LogP contribution in [-0.2, 0) is 32.7 Å². The van der Waals surface area contributed by atoms with E-state index in [9.17, 15) is 0 Å². The van der Waals surface area contributed by atoms with Crippen LogP contribution < -0.4 is 0 Å². The van der Waals surface area contributed by atoms with Crippen LogP contribution in [0.4, 0.5) is 0 Å². The molecule has 0 rings (SSSR count). The molecule has 1 heteroatoms. The van der Waals surface area contributed by atoms with Gasteiger partial charge < -0.3 is 14.4 Å². The van der Waals surface area contributed by atoms with Crippen molar-refractivity contribution in [2.24, 2.45) is 11.8 Å². The van der Waals surface area contributed by atoms with Crippen LogP contribution in [-0.4, -0.2) is 0 Å². The van der Waals surface area contributed by atoms with E-state index in [2.05, 4.69) is 27.7 Å². The first-order valence-electron chi connectivity index (χ1n) is 4.99. The van der Waals surface area contributed by atoms with Gasteiger partial charge in [0.1, 0.15) is 0 Å². The van der Waals surface area contributed by atoms with Crippen molar-refractivity contribution < 1.29 is 32.7 Å². The van der Waals surface area contributed by atoms with Gasteiger partial charge in [-0.25, -0.2) is 0 Å². The molecule has 0 heterocycles. The van der Waals surface area contributed by atoms with Crippen LogP contribution in [0, 0.1) is 26.2 Å². The Hall–Kier alpha value is 1.10. The quantitative estimate of drug-likeness (QED) is 0.615. The Bertz CT molecular complexity index is 81.2. The summed E-state index contributed by atoms with van der Waals surface area (Å²) in [6, 6.07) is 0. The average Bonchev–Trinajstić information content (AvgIpc) is 2.00. The second-order valence-corrected chi connectivity index (χ2v) is 3.85. The SMILES string of the molecule is [CH2-]CCCC(C)CC(C)CC.[CH3-].[Y]. The third kappa shape index (κ3) is 13.1. The Morgan fingerprint density at radius 3 is 2.08 bits per heavy atom. The van der Waals surface area contributed by atoms with Crippen molar-refractivity contribution in [2.45, 2.75) is 52.9 Å². The maximum absolute atomic E-state index is 3.86. The zero-order valence-electron chi connectivity index (χ0n) is 9.97. The van der Waals surface area contributed by atoms with E-state index in [4.69, 9.17) is 0 Å². The summed E-state index contributed by atoms with van der Waals surface area (Å²) >= 11 is 0. The number of hydrogen-bond donors (Lipinski definition) is 0. The molecule has 0 saturated heterocycles. The zero-order valence-corrected chi connectivity index (χ0v) is 12.8. The van der Waals surface area contributed by atoms with Gasteiger partial charge in [-0.1, -0.05) is 40.0 Å². The molecule has 0 aromatic carbocycles. The molecule has 0 fully saturated rings. The molecule has 13 heavy (non-hydrogen) atoms. The second-order valence-electron chi connectivity index (χ2n) is 3.85. The maximum Gasteiger partial charge on any atom is 0 e. The van der Waals surface area contributed by atoms with Crippen molar-refractivity contribution in [1.29, 1.82) is 0 Å². The normalized spacial score (nSPS) is 13.8. The summed E-state index contributed by atoms with van der Waals surface area (Å²) in [5.41, 5.74) is 0. The fourth-order valence-electron chi connectivity index (χ4n) is 1.46. The second kappa shape index (κ2) is 13.1. The Kier molecular flexibility index (Phi) is 19.8. The monoisotopic (exact) mass is 259 g/mol. The van der Waals surface area contributed by atoms with Gasteiger partial charge in [-0.05, 0) is 18.3 Å². The summed E-state index contributed by atoms with van der Waals surface area (Å²) < 4.78 is 0. The summed E-state index contributed by atoms with van der Waals surface area (Å²) in [4.78, 5) is 0. The number of rotatable bonds is 6. The van der Waals surface area contributed by atoms with Crippen LogP contribution in [0.1, 0.15) is 52.9 Å². The van der Waals surface area contributed by atoms with E-state index >= 15 is 0 Å². The van der Waals surface area contributed by atoms with Crippen molar-refractivity contribution in [3.05, 3.63) is 14.4 Å². The Balaban J connectivity index is -0.000000500. The van der Waals surface area contributed by atoms with Gasteiger partial charge in [-0.3, -0.25) is 0 Å². The molecule has 0 aromatic heterocycles. The van der Waals surface area contributed by atoms with E-state index < -0.39 is 0 Å². The summed E-state index contributed by atoms with van der Waals surface area (Å²) in [7, 11) is 0. The molecule has 0 aliphatic carbocycles. The molecule has 0 bridgehead atoms. The third-order valence-electron chi connectivity index (χ3n) is 2.45. The van der Waals surface area contributed by atoms with Crippen molar-refractivity contribution in [1.82, 2.24) is 0 Å². The van der Waals surface area contributed by atoms with Crippen LogP contribution in [0.15, 0.2) is 0 Å². The molecule has 0 aliphatic rings. The van der Waals surface area contributed by atoms with Crippen molar-refractivity contribution in [3.63, 3.8) is 0 Å². The van der Waals surface area contributed by atoms with Gasteiger partial charge in [0.25, 0.3) is 0 Å². The molecule has 2 unspecified atom stereocenters. The van der Waals surface area contributed by atoms with Gasteiger partial charge in [0.15, 0.2) is 0 Å². The van der Waals surface area contributed by atoms with Crippen molar-refractivity contribution >= 4 is 0 Å². The van der Waals surface area contributed by atoms with Gasteiger partial charge in [-0.2, -0.15) is 6.42 Å². The topological polar surface area (TPSA) is 0 Å². The minimum atomic E-state index is 0. The first-order valence-corrected chi connectivity index (χ1v) is 4.99. The van der Waals surface area contributed by atoms with Crippen LogP contribution in [0.2, 0.25) is 0 Å². The Labute approximate surface area is 111 Å². The van der Waals surface area contributed by atoms with Gasteiger partial charge >= 0.3 is 0 Å². The van der Waals surface area contributed by atoms with Gasteiger partial charge in [0, 0.05) is 32.7 Å². The van der Waals surface area contributed by atoms with E-state index in [1.165, 1.54) is 25.7 Å². The van der Waals surface area contributed by atoms with Crippen LogP contribution in [0.5, 0.6) is 0 Å². The molecule has 0 N–H and O–H groups in total. The number of unbranched alkanes of at least 4 members (excludes halogenated alkanes) is 1. The fourth-order valence-corrected chi connectivity index (χ4v) is 1.46.